The first-order chi connectivity index (χ1) is 15.3. The number of rotatable bonds is 7. The summed E-state index contributed by atoms with van der Waals surface area (Å²) in [5.74, 6) is 0.0140. The molecule has 0 bridgehead atoms. The molecular formula is C24H25ClN4O3. The van der Waals surface area contributed by atoms with Crippen molar-refractivity contribution in [1.82, 2.24) is 10.2 Å². The summed E-state index contributed by atoms with van der Waals surface area (Å²) in [7, 11) is 3.83. The molecule has 3 aromatic carbocycles. The van der Waals surface area contributed by atoms with Crippen LogP contribution in [0.25, 0.3) is 11.1 Å². The Labute approximate surface area is 192 Å². The molecule has 3 aromatic rings. The lowest BCUT2D eigenvalue weighted by atomic mass is 10.0. The molecule has 0 aliphatic heterocycles. The van der Waals surface area contributed by atoms with E-state index in [9.17, 15) is 9.59 Å². The summed E-state index contributed by atoms with van der Waals surface area (Å²) in [6.45, 7) is 1.18. The topological polar surface area (TPSA) is 96.7 Å². The first kappa shape index (κ1) is 23.1. The van der Waals surface area contributed by atoms with Crippen LogP contribution >= 0.6 is 11.6 Å². The predicted octanol–water partition coefficient (Wildman–Crippen LogP) is 4.49. The van der Waals surface area contributed by atoms with E-state index in [2.05, 4.69) is 10.6 Å². The second-order valence-corrected chi connectivity index (χ2v) is 7.84. The second-order valence-electron chi connectivity index (χ2n) is 7.41. The van der Waals surface area contributed by atoms with E-state index >= 15 is 0 Å². The van der Waals surface area contributed by atoms with Gasteiger partial charge in [-0.15, -0.1) is 0 Å². The van der Waals surface area contributed by atoms with Crippen LogP contribution in [0.15, 0.2) is 66.7 Å². The van der Waals surface area contributed by atoms with Crippen LogP contribution in [0.3, 0.4) is 0 Å². The molecule has 7 nitrogen and oxygen atoms in total. The number of nitrogen functional groups attached to an aromatic ring is 1. The average molecular weight is 453 g/mol. The van der Waals surface area contributed by atoms with Crippen molar-refractivity contribution in [3.8, 4) is 16.9 Å². The standard InChI is InChI=1S/C24H25ClN4O3/c1-29(2)14-13-27-24(31)32-20-10-5-17(6-11-20)23(30)28-22-15-18(7-12-21(22)26)16-3-8-19(25)9-4-16/h3-12,15H,13-14,26H2,1-2H3,(H,27,31)(H,28,30). The van der Waals surface area contributed by atoms with Crippen LogP contribution in [0.4, 0.5) is 16.2 Å². The average Bonchev–Trinajstić information content (AvgIpc) is 2.76. The molecule has 0 spiro atoms. The zero-order valence-corrected chi connectivity index (χ0v) is 18.6. The van der Waals surface area contributed by atoms with E-state index in [-0.39, 0.29) is 5.91 Å². The zero-order chi connectivity index (χ0) is 23.1. The maximum Gasteiger partial charge on any atom is 0.412 e. The van der Waals surface area contributed by atoms with E-state index in [1.807, 2.05) is 43.3 Å². The van der Waals surface area contributed by atoms with Gasteiger partial charge in [0.2, 0.25) is 0 Å². The van der Waals surface area contributed by atoms with Gasteiger partial charge in [0.05, 0.1) is 11.4 Å². The number of halogens is 1. The molecule has 0 fully saturated rings. The van der Waals surface area contributed by atoms with Crippen LogP contribution < -0.4 is 21.1 Å². The highest BCUT2D eigenvalue weighted by Gasteiger charge is 2.11. The third-order valence-electron chi connectivity index (χ3n) is 4.63. The van der Waals surface area contributed by atoms with Gasteiger partial charge in [-0.3, -0.25) is 4.79 Å². The Bertz CT molecular complexity index is 1080. The first-order valence-corrected chi connectivity index (χ1v) is 10.4. The van der Waals surface area contributed by atoms with E-state index in [0.717, 1.165) is 11.1 Å². The Hall–Kier alpha value is -3.55. The van der Waals surface area contributed by atoms with Gasteiger partial charge in [0.15, 0.2) is 0 Å². The highest BCUT2D eigenvalue weighted by Crippen LogP contribution is 2.28. The van der Waals surface area contributed by atoms with Gasteiger partial charge in [0, 0.05) is 23.7 Å². The Balaban J connectivity index is 1.64. The van der Waals surface area contributed by atoms with Gasteiger partial charge >= 0.3 is 6.09 Å². The molecule has 0 heterocycles. The van der Waals surface area contributed by atoms with Crippen molar-refractivity contribution >= 4 is 35.0 Å². The maximum absolute atomic E-state index is 12.7. The van der Waals surface area contributed by atoms with Crippen LogP contribution in [0, 0.1) is 0 Å². The van der Waals surface area contributed by atoms with Gasteiger partial charge in [0.25, 0.3) is 5.91 Å². The summed E-state index contributed by atoms with van der Waals surface area (Å²) in [6, 6.07) is 19.1. The molecule has 0 radical (unpaired) electrons. The zero-order valence-electron chi connectivity index (χ0n) is 17.9. The molecule has 0 saturated carbocycles. The number of carbonyl (C=O) groups excluding carboxylic acids is 2. The van der Waals surface area contributed by atoms with E-state index in [1.54, 1.807) is 42.5 Å². The quantitative estimate of drug-likeness (QED) is 0.459. The lowest BCUT2D eigenvalue weighted by Crippen LogP contribution is -2.33. The van der Waals surface area contributed by atoms with Gasteiger partial charge in [-0.1, -0.05) is 29.8 Å². The first-order valence-electron chi connectivity index (χ1n) is 9.99. The molecule has 0 unspecified atom stereocenters. The third-order valence-corrected chi connectivity index (χ3v) is 4.89. The van der Waals surface area contributed by atoms with Crippen molar-refractivity contribution in [2.75, 3.05) is 38.2 Å². The number of hydrogen-bond donors (Lipinski definition) is 3. The molecule has 0 aromatic heterocycles. The minimum Gasteiger partial charge on any atom is -0.410 e. The number of hydrogen-bond acceptors (Lipinski definition) is 5. The van der Waals surface area contributed by atoms with Crippen molar-refractivity contribution in [1.29, 1.82) is 0 Å². The summed E-state index contributed by atoms with van der Waals surface area (Å²) >= 11 is 5.95. The second kappa shape index (κ2) is 10.7. The summed E-state index contributed by atoms with van der Waals surface area (Å²) < 4.78 is 5.21. The van der Waals surface area contributed by atoms with E-state index in [0.29, 0.717) is 40.8 Å². The van der Waals surface area contributed by atoms with Crippen molar-refractivity contribution in [3.63, 3.8) is 0 Å². The Kier molecular flexibility index (Phi) is 7.70. The fourth-order valence-corrected chi connectivity index (χ4v) is 3.01. The minimum atomic E-state index is -0.546. The highest BCUT2D eigenvalue weighted by molar-refractivity contribution is 6.30. The smallest absolute Gasteiger partial charge is 0.410 e. The van der Waals surface area contributed by atoms with Crippen LogP contribution in [0.2, 0.25) is 5.02 Å². The number of carbonyl (C=O) groups is 2. The van der Waals surface area contributed by atoms with Crippen molar-refractivity contribution in [2.45, 2.75) is 0 Å². The van der Waals surface area contributed by atoms with Crippen molar-refractivity contribution < 1.29 is 14.3 Å². The minimum absolute atomic E-state index is 0.327. The number of nitrogens with two attached hydrogens (primary N) is 1. The Morgan fingerprint density at radius 3 is 2.28 bits per heavy atom. The maximum atomic E-state index is 12.7. The van der Waals surface area contributed by atoms with Gasteiger partial charge in [0.1, 0.15) is 5.75 Å². The number of amides is 2. The Morgan fingerprint density at radius 2 is 1.62 bits per heavy atom. The number of likely N-dealkylation sites (N-methyl/N-ethyl adjacent to an activating group) is 1. The van der Waals surface area contributed by atoms with Gasteiger partial charge in [-0.2, -0.15) is 0 Å². The molecule has 166 valence electrons. The summed E-state index contributed by atoms with van der Waals surface area (Å²) in [6.07, 6.45) is -0.546. The number of ether oxygens (including phenoxy) is 1. The SMILES string of the molecule is CN(C)CCNC(=O)Oc1ccc(C(=O)Nc2cc(-c3ccc(Cl)cc3)ccc2N)cc1. The number of nitrogens with zero attached hydrogens (tertiary/aromatic N) is 1. The molecule has 2 amide bonds. The van der Waals surface area contributed by atoms with E-state index in [1.165, 1.54) is 0 Å². The summed E-state index contributed by atoms with van der Waals surface area (Å²) in [4.78, 5) is 26.4. The molecule has 8 heteroatoms. The molecular weight excluding hydrogens is 428 g/mol. The lowest BCUT2D eigenvalue weighted by Gasteiger charge is -2.12. The number of nitrogens with one attached hydrogen (secondary N) is 2. The largest absolute Gasteiger partial charge is 0.412 e. The molecule has 0 aliphatic rings. The van der Waals surface area contributed by atoms with Gasteiger partial charge in [-0.25, -0.2) is 4.79 Å². The molecule has 0 aliphatic carbocycles. The lowest BCUT2D eigenvalue weighted by molar-refractivity contribution is 0.102. The number of anilines is 2. The van der Waals surface area contributed by atoms with Gasteiger partial charge < -0.3 is 26.0 Å². The van der Waals surface area contributed by atoms with E-state index in [4.69, 9.17) is 22.1 Å². The molecule has 0 saturated heterocycles. The summed E-state index contributed by atoms with van der Waals surface area (Å²) in [5, 5.41) is 6.14. The van der Waals surface area contributed by atoms with E-state index < -0.39 is 6.09 Å². The highest BCUT2D eigenvalue weighted by atomic mass is 35.5. The predicted molar refractivity (Wildman–Crippen MR) is 128 cm³/mol. The molecule has 4 N–H and O–H groups in total. The van der Waals surface area contributed by atoms with Crippen molar-refractivity contribution in [3.05, 3.63) is 77.3 Å². The Morgan fingerprint density at radius 1 is 0.969 bits per heavy atom. The van der Waals surface area contributed by atoms with Crippen LogP contribution in [-0.2, 0) is 0 Å². The molecule has 0 atom stereocenters. The monoisotopic (exact) mass is 452 g/mol. The molecule has 3 rings (SSSR count). The van der Waals surface area contributed by atoms with Gasteiger partial charge in [-0.05, 0) is 73.8 Å². The number of benzene rings is 3. The summed E-state index contributed by atoms with van der Waals surface area (Å²) in [5.41, 5.74) is 9.26. The fraction of sp³-hybridized carbons (Fsp3) is 0.167. The fourth-order valence-electron chi connectivity index (χ4n) is 2.88. The van der Waals surface area contributed by atoms with Crippen LogP contribution in [0.1, 0.15) is 10.4 Å². The van der Waals surface area contributed by atoms with Crippen LogP contribution in [-0.4, -0.2) is 44.1 Å². The normalized spacial score (nSPS) is 10.6. The third kappa shape index (κ3) is 6.47. The van der Waals surface area contributed by atoms with Crippen LogP contribution in [0.5, 0.6) is 5.75 Å². The molecule has 32 heavy (non-hydrogen) atoms. The van der Waals surface area contributed by atoms with Crippen molar-refractivity contribution in [2.24, 2.45) is 0 Å².